The molecule has 0 saturated carbocycles. The van der Waals surface area contributed by atoms with Crippen LogP contribution in [0.15, 0.2) is 24.3 Å². The fraction of sp³-hybridized carbons (Fsp3) is 0.471. The fourth-order valence-corrected chi connectivity index (χ4v) is 2.26. The van der Waals surface area contributed by atoms with Crippen molar-refractivity contribution < 1.29 is 19.0 Å². The first-order chi connectivity index (χ1) is 11.2. The first-order valence-corrected chi connectivity index (χ1v) is 7.72. The van der Waals surface area contributed by atoms with E-state index in [-0.39, 0.29) is 12.5 Å². The zero-order chi connectivity index (χ0) is 16.5. The molecule has 0 aliphatic carbocycles. The number of carbonyl (C=O) groups is 1. The van der Waals surface area contributed by atoms with Crippen LogP contribution < -0.4 is 14.8 Å². The van der Waals surface area contributed by atoms with E-state index < -0.39 is 0 Å². The van der Waals surface area contributed by atoms with Crippen LogP contribution in [-0.2, 0) is 9.53 Å². The van der Waals surface area contributed by atoms with Crippen LogP contribution in [0.4, 0.5) is 0 Å². The molecule has 1 aromatic rings. The van der Waals surface area contributed by atoms with Crippen LogP contribution in [0, 0.1) is 0 Å². The summed E-state index contributed by atoms with van der Waals surface area (Å²) in [7, 11) is 3.49. The van der Waals surface area contributed by atoms with Crippen molar-refractivity contribution >= 4 is 12.0 Å². The molecule has 126 valence electrons. The van der Waals surface area contributed by atoms with Crippen LogP contribution in [0.25, 0.3) is 6.08 Å². The molecule has 0 bridgehead atoms. The second-order valence-corrected chi connectivity index (χ2v) is 5.15. The monoisotopic (exact) mass is 320 g/mol. The van der Waals surface area contributed by atoms with E-state index in [2.05, 4.69) is 5.32 Å². The highest BCUT2D eigenvalue weighted by Gasteiger charge is 2.17. The Labute approximate surface area is 137 Å². The Morgan fingerprint density at radius 2 is 2.13 bits per heavy atom. The Balaban J connectivity index is 1.94. The predicted molar refractivity (Wildman–Crippen MR) is 88.8 cm³/mol. The number of rotatable bonds is 7. The van der Waals surface area contributed by atoms with Gasteiger partial charge in [0.1, 0.15) is 0 Å². The van der Waals surface area contributed by atoms with Crippen molar-refractivity contribution in [3.63, 3.8) is 0 Å². The van der Waals surface area contributed by atoms with E-state index in [4.69, 9.17) is 14.2 Å². The molecule has 1 fully saturated rings. The molecule has 0 atom stereocenters. The zero-order valence-electron chi connectivity index (χ0n) is 13.7. The smallest absolute Gasteiger partial charge is 0.260 e. The molecule has 23 heavy (non-hydrogen) atoms. The van der Waals surface area contributed by atoms with Gasteiger partial charge in [0.15, 0.2) is 18.1 Å². The Hall–Kier alpha value is -2.05. The topological polar surface area (TPSA) is 60.0 Å². The molecule has 0 spiro atoms. The van der Waals surface area contributed by atoms with Crippen molar-refractivity contribution in [2.45, 2.75) is 0 Å². The lowest BCUT2D eigenvalue weighted by molar-refractivity contribution is -0.137. The molecule has 1 aliphatic heterocycles. The third kappa shape index (κ3) is 5.26. The molecule has 1 aliphatic rings. The van der Waals surface area contributed by atoms with Gasteiger partial charge in [-0.1, -0.05) is 18.2 Å². The molecule has 1 aromatic carbocycles. The number of likely N-dealkylation sites (N-methyl/N-ethyl adjacent to an activating group) is 1. The summed E-state index contributed by atoms with van der Waals surface area (Å²) in [4.78, 5) is 13.9. The molecular weight excluding hydrogens is 296 g/mol. The Kier molecular flexibility index (Phi) is 6.90. The molecule has 1 amide bonds. The van der Waals surface area contributed by atoms with Gasteiger partial charge >= 0.3 is 0 Å². The largest absolute Gasteiger partial charge is 0.493 e. The molecule has 6 nitrogen and oxygen atoms in total. The van der Waals surface area contributed by atoms with Crippen LogP contribution >= 0.6 is 0 Å². The highest BCUT2D eigenvalue weighted by Crippen LogP contribution is 2.28. The van der Waals surface area contributed by atoms with Crippen LogP contribution in [0.5, 0.6) is 11.5 Å². The highest BCUT2D eigenvalue weighted by atomic mass is 16.5. The number of carbonyl (C=O) groups excluding carboxylic acids is 1. The van der Waals surface area contributed by atoms with E-state index in [0.717, 1.165) is 12.1 Å². The predicted octanol–water partition coefficient (Wildman–Crippen LogP) is 1.17. The third-order valence-corrected chi connectivity index (χ3v) is 3.53. The lowest BCUT2D eigenvalue weighted by Gasteiger charge is -2.26. The van der Waals surface area contributed by atoms with Gasteiger partial charge < -0.3 is 24.4 Å². The number of ether oxygens (including phenoxy) is 3. The van der Waals surface area contributed by atoms with Crippen molar-refractivity contribution in [3.8, 4) is 11.5 Å². The van der Waals surface area contributed by atoms with Crippen LogP contribution in [0.3, 0.4) is 0 Å². The van der Waals surface area contributed by atoms with Gasteiger partial charge in [0.2, 0.25) is 0 Å². The van der Waals surface area contributed by atoms with Crippen molar-refractivity contribution in [2.24, 2.45) is 0 Å². The molecular formula is C17H24N2O4. The lowest BCUT2D eigenvalue weighted by Crippen LogP contribution is -2.43. The summed E-state index contributed by atoms with van der Waals surface area (Å²) in [5, 5.41) is 3.05. The number of morpholine rings is 1. The first kappa shape index (κ1) is 17.3. The Morgan fingerprint density at radius 1 is 1.35 bits per heavy atom. The molecule has 1 heterocycles. The van der Waals surface area contributed by atoms with Crippen molar-refractivity contribution in [3.05, 3.63) is 29.8 Å². The Bertz CT molecular complexity index is 539. The SMILES string of the molecule is CNCC=Cc1ccc(OCC(=O)N2CCOCC2)c(OC)c1. The lowest BCUT2D eigenvalue weighted by atomic mass is 10.2. The minimum atomic E-state index is -0.0339. The second-order valence-electron chi connectivity index (χ2n) is 5.15. The average Bonchev–Trinajstić information content (AvgIpc) is 2.61. The minimum absolute atomic E-state index is 0.00526. The van der Waals surface area contributed by atoms with Crippen molar-refractivity contribution in [2.75, 3.05) is 53.6 Å². The standard InChI is InChI=1S/C17H24N2O4/c1-18-7-3-4-14-5-6-15(16(12-14)21-2)23-13-17(20)19-8-10-22-11-9-19/h3-6,12,18H,7-11,13H2,1-2H3. The average molecular weight is 320 g/mol. The van der Waals surface area contributed by atoms with Crippen LogP contribution in [-0.4, -0.2) is 64.4 Å². The molecule has 2 rings (SSSR count). The van der Waals surface area contributed by atoms with Crippen LogP contribution in [0.2, 0.25) is 0 Å². The maximum absolute atomic E-state index is 12.1. The van der Waals surface area contributed by atoms with E-state index in [1.54, 1.807) is 12.0 Å². The normalized spacial score (nSPS) is 15.0. The van der Waals surface area contributed by atoms with Gasteiger partial charge in [-0.25, -0.2) is 0 Å². The molecule has 1 saturated heterocycles. The minimum Gasteiger partial charge on any atom is -0.493 e. The van der Waals surface area contributed by atoms with Gasteiger partial charge in [-0.3, -0.25) is 4.79 Å². The van der Waals surface area contributed by atoms with Crippen molar-refractivity contribution in [1.29, 1.82) is 0 Å². The summed E-state index contributed by atoms with van der Waals surface area (Å²) in [6, 6.07) is 5.65. The van der Waals surface area contributed by atoms with E-state index in [1.807, 2.05) is 37.4 Å². The number of amides is 1. The molecule has 0 radical (unpaired) electrons. The number of nitrogens with one attached hydrogen (secondary N) is 1. The third-order valence-electron chi connectivity index (χ3n) is 3.53. The summed E-state index contributed by atoms with van der Waals surface area (Å²) in [6.45, 7) is 3.22. The van der Waals surface area contributed by atoms with Crippen LogP contribution in [0.1, 0.15) is 5.56 Å². The van der Waals surface area contributed by atoms with E-state index in [0.29, 0.717) is 37.8 Å². The molecule has 0 aromatic heterocycles. The molecule has 0 unspecified atom stereocenters. The van der Waals surface area contributed by atoms with Gasteiger partial charge in [0, 0.05) is 19.6 Å². The van der Waals surface area contributed by atoms with Crippen molar-refractivity contribution in [1.82, 2.24) is 10.2 Å². The summed E-state index contributed by atoms with van der Waals surface area (Å²) < 4.78 is 16.2. The summed E-state index contributed by atoms with van der Waals surface area (Å²) >= 11 is 0. The molecule has 1 N–H and O–H groups in total. The summed E-state index contributed by atoms with van der Waals surface area (Å²) in [5.41, 5.74) is 1.02. The zero-order valence-corrected chi connectivity index (χ0v) is 13.7. The van der Waals surface area contributed by atoms with Gasteiger partial charge in [-0.2, -0.15) is 0 Å². The quantitative estimate of drug-likeness (QED) is 0.817. The number of hydrogen-bond donors (Lipinski definition) is 1. The number of methoxy groups -OCH3 is 1. The number of benzene rings is 1. The van der Waals surface area contributed by atoms with Gasteiger partial charge in [-0.05, 0) is 24.7 Å². The molecule has 6 heteroatoms. The maximum atomic E-state index is 12.1. The van der Waals surface area contributed by atoms with E-state index >= 15 is 0 Å². The fourth-order valence-electron chi connectivity index (χ4n) is 2.26. The number of hydrogen-bond acceptors (Lipinski definition) is 5. The Morgan fingerprint density at radius 3 is 2.83 bits per heavy atom. The van der Waals surface area contributed by atoms with E-state index in [9.17, 15) is 4.79 Å². The second kappa shape index (κ2) is 9.17. The summed E-state index contributed by atoms with van der Waals surface area (Å²) in [6.07, 6.45) is 4.03. The summed E-state index contributed by atoms with van der Waals surface area (Å²) in [5.74, 6) is 1.15. The van der Waals surface area contributed by atoms with Gasteiger partial charge in [0.25, 0.3) is 5.91 Å². The van der Waals surface area contributed by atoms with Gasteiger partial charge in [0.05, 0.1) is 20.3 Å². The highest BCUT2D eigenvalue weighted by molar-refractivity contribution is 5.78. The van der Waals surface area contributed by atoms with E-state index in [1.165, 1.54) is 0 Å². The van der Waals surface area contributed by atoms with Gasteiger partial charge in [-0.15, -0.1) is 0 Å². The maximum Gasteiger partial charge on any atom is 0.260 e. The number of nitrogens with zero attached hydrogens (tertiary/aromatic N) is 1. The first-order valence-electron chi connectivity index (χ1n) is 7.72.